The Hall–Kier alpha value is -3.47. The van der Waals surface area contributed by atoms with Gasteiger partial charge in [-0.1, -0.05) is 0 Å². The molecule has 0 spiro atoms. The lowest BCUT2D eigenvalue weighted by Gasteiger charge is -2.27. The summed E-state index contributed by atoms with van der Waals surface area (Å²) in [4.78, 5) is 12.7. The monoisotopic (exact) mass is 390 g/mol. The number of hydrogen-bond donors (Lipinski definition) is 0. The molecule has 0 saturated heterocycles. The van der Waals surface area contributed by atoms with Crippen molar-refractivity contribution in [2.75, 3.05) is 14.2 Å². The van der Waals surface area contributed by atoms with Gasteiger partial charge in [0, 0.05) is 17.0 Å². The Balaban J connectivity index is 1.64. The van der Waals surface area contributed by atoms with Gasteiger partial charge in [0.25, 0.3) is 0 Å². The summed E-state index contributed by atoms with van der Waals surface area (Å²) in [5.41, 5.74) is 1.90. The summed E-state index contributed by atoms with van der Waals surface area (Å²) < 4.78 is 22.4. The average molecular weight is 390 g/mol. The molecule has 5 nitrogen and oxygen atoms in total. The van der Waals surface area contributed by atoms with Gasteiger partial charge in [0.15, 0.2) is 5.76 Å². The first-order valence-corrected chi connectivity index (χ1v) is 9.29. The number of fused-ring (bicyclic) bond motifs is 3. The van der Waals surface area contributed by atoms with Crippen LogP contribution in [0, 0.1) is 0 Å². The Kier molecular flexibility index (Phi) is 4.66. The number of rotatable bonds is 5. The fraction of sp³-hybridized carbons (Fsp3) is 0.208. The zero-order valence-electron chi connectivity index (χ0n) is 16.8. The number of methoxy groups -OCH3 is 2. The Morgan fingerprint density at radius 2 is 1.90 bits per heavy atom. The molecule has 1 aliphatic rings. The number of hydrogen-bond acceptors (Lipinski definition) is 5. The molecule has 29 heavy (non-hydrogen) atoms. The van der Waals surface area contributed by atoms with Crippen molar-refractivity contribution in [1.29, 1.82) is 0 Å². The Morgan fingerprint density at radius 3 is 2.66 bits per heavy atom. The summed E-state index contributed by atoms with van der Waals surface area (Å²) in [6, 6.07) is 11.0. The molecular formula is C24H22O5. The number of furan rings is 1. The predicted octanol–water partition coefficient (Wildman–Crippen LogP) is 5.53. The van der Waals surface area contributed by atoms with Gasteiger partial charge in [-0.05, 0) is 68.5 Å². The molecule has 0 N–H and O–H groups in total. The Morgan fingerprint density at radius 1 is 1.07 bits per heavy atom. The second-order valence-corrected chi connectivity index (χ2v) is 7.35. The van der Waals surface area contributed by atoms with E-state index in [2.05, 4.69) is 0 Å². The largest absolute Gasteiger partial charge is 0.497 e. The normalized spacial score (nSPS) is 14.6. The van der Waals surface area contributed by atoms with E-state index in [1.165, 1.54) is 6.08 Å². The highest BCUT2D eigenvalue weighted by Gasteiger charge is 2.24. The van der Waals surface area contributed by atoms with Crippen LogP contribution in [0.1, 0.15) is 35.5 Å². The standard InChI is InChI=1S/C24H22O5/c1-24(2)12-11-18-20(29-24)10-7-16-13-22(28-23(16)18)19(25)9-6-15-5-8-17(26-3)14-21(15)27-4/h5-14H,1-4H3/b9-6+. The molecule has 148 valence electrons. The van der Waals surface area contributed by atoms with Crippen molar-refractivity contribution in [3.63, 3.8) is 0 Å². The van der Waals surface area contributed by atoms with Crippen molar-refractivity contribution in [2.24, 2.45) is 0 Å². The highest BCUT2D eigenvalue weighted by Crippen LogP contribution is 2.37. The maximum atomic E-state index is 12.7. The first-order chi connectivity index (χ1) is 13.9. The summed E-state index contributed by atoms with van der Waals surface area (Å²) in [7, 11) is 3.17. The smallest absolute Gasteiger partial charge is 0.221 e. The zero-order chi connectivity index (χ0) is 20.6. The number of benzene rings is 2. The van der Waals surface area contributed by atoms with Gasteiger partial charge in [-0.3, -0.25) is 4.79 Å². The fourth-order valence-electron chi connectivity index (χ4n) is 3.28. The predicted molar refractivity (Wildman–Crippen MR) is 113 cm³/mol. The number of allylic oxidation sites excluding steroid dienone is 1. The van der Waals surface area contributed by atoms with Gasteiger partial charge in [-0.2, -0.15) is 0 Å². The third-order valence-electron chi connectivity index (χ3n) is 4.81. The SMILES string of the molecule is COc1ccc(/C=C/C(=O)c2cc3ccc4c(c3o2)C=CC(C)(C)O4)c(OC)c1. The molecule has 5 heteroatoms. The lowest BCUT2D eigenvalue weighted by atomic mass is 10.0. The lowest BCUT2D eigenvalue weighted by molar-refractivity contribution is 0.102. The van der Waals surface area contributed by atoms with Crippen molar-refractivity contribution < 1.29 is 23.4 Å². The van der Waals surface area contributed by atoms with Crippen molar-refractivity contribution in [3.05, 3.63) is 65.4 Å². The van der Waals surface area contributed by atoms with Crippen molar-refractivity contribution in [1.82, 2.24) is 0 Å². The number of ether oxygens (including phenoxy) is 3. The van der Waals surface area contributed by atoms with Crippen molar-refractivity contribution in [2.45, 2.75) is 19.4 Å². The number of ketones is 1. The molecule has 3 aromatic rings. The summed E-state index contributed by atoms with van der Waals surface area (Å²) in [5, 5.41) is 0.857. The average Bonchev–Trinajstić information content (AvgIpc) is 3.15. The summed E-state index contributed by atoms with van der Waals surface area (Å²) in [6.45, 7) is 3.98. The topological polar surface area (TPSA) is 57.9 Å². The quantitative estimate of drug-likeness (QED) is 0.423. The van der Waals surface area contributed by atoms with Crippen LogP contribution in [0.2, 0.25) is 0 Å². The van der Waals surface area contributed by atoms with E-state index in [0.717, 1.165) is 22.3 Å². The molecule has 0 atom stereocenters. The summed E-state index contributed by atoms with van der Waals surface area (Å²) in [5.74, 6) is 2.10. The summed E-state index contributed by atoms with van der Waals surface area (Å²) in [6.07, 6.45) is 7.14. The van der Waals surface area contributed by atoms with Gasteiger partial charge >= 0.3 is 0 Å². The van der Waals surface area contributed by atoms with Crippen LogP contribution < -0.4 is 14.2 Å². The van der Waals surface area contributed by atoms with Crippen LogP contribution in [0.25, 0.3) is 23.1 Å². The molecule has 0 radical (unpaired) electrons. The van der Waals surface area contributed by atoms with E-state index in [0.29, 0.717) is 17.1 Å². The van der Waals surface area contributed by atoms with E-state index in [1.807, 2.05) is 50.3 Å². The first-order valence-electron chi connectivity index (χ1n) is 9.29. The van der Waals surface area contributed by atoms with Crippen LogP contribution in [0.5, 0.6) is 17.2 Å². The fourth-order valence-corrected chi connectivity index (χ4v) is 3.28. The van der Waals surface area contributed by atoms with Crippen LogP contribution >= 0.6 is 0 Å². The van der Waals surface area contributed by atoms with E-state index >= 15 is 0 Å². The number of carbonyl (C=O) groups is 1. The van der Waals surface area contributed by atoms with Crippen LogP contribution in [0.15, 0.2) is 53.0 Å². The van der Waals surface area contributed by atoms with E-state index in [4.69, 9.17) is 18.6 Å². The molecule has 2 heterocycles. The third-order valence-corrected chi connectivity index (χ3v) is 4.81. The molecule has 0 fully saturated rings. The van der Waals surface area contributed by atoms with Gasteiger partial charge < -0.3 is 18.6 Å². The van der Waals surface area contributed by atoms with Gasteiger partial charge in [0.05, 0.1) is 19.8 Å². The Bertz CT molecular complexity index is 1150. The van der Waals surface area contributed by atoms with Crippen LogP contribution in [-0.4, -0.2) is 25.6 Å². The minimum absolute atomic E-state index is 0.228. The van der Waals surface area contributed by atoms with Crippen molar-refractivity contribution in [3.8, 4) is 17.2 Å². The second kappa shape index (κ2) is 7.17. The molecule has 0 bridgehead atoms. The minimum Gasteiger partial charge on any atom is -0.497 e. The van der Waals surface area contributed by atoms with Gasteiger partial charge in [-0.25, -0.2) is 0 Å². The minimum atomic E-state index is -0.369. The van der Waals surface area contributed by atoms with Gasteiger partial charge in [-0.15, -0.1) is 0 Å². The lowest BCUT2D eigenvalue weighted by Crippen LogP contribution is -2.27. The van der Waals surface area contributed by atoms with Crippen molar-refractivity contribution >= 4 is 28.9 Å². The molecule has 2 aromatic carbocycles. The van der Waals surface area contributed by atoms with Crippen LogP contribution in [-0.2, 0) is 0 Å². The molecule has 0 unspecified atom stereocenters. The number of carbonyl (C=O) groups excluding carboxylic acids is 1. The Labute approximate surface area is 169 Å². The molecule has 4 rings (SSSR count). The molecule has 0 amide bonds. The van der Waals surface area contributed by atoms with Crippen LogP contribution in [0.4, 0.5) is 0 Å². The molecule has 0 aliphatic carbocycles. The highest BCUT2D eigenvalue weighted by atomic mass is 16.5. The van der Waals surface area contributed by atoms with E-state index in [-0.39, 0.29) is 17.1 Å². The second-order valence-electron chi connectivity index (χ2n) is 7.35. The van der Waals surface area contributed by atoms with Gasteiger partial charge in [0.1, 0.15) is 28.4 Å². The summed E-state index contributed by atoms with van der Waals surface area (Å²) >= 11 is 0. The first kappa shape index (κ1) is 18.9. The molecule has 1 aromatic heterocycles. The maximum absolute atomic E-state index is 12.7. The zero-order valence-corrected chi connectivity index (χ0v) is 16.8. The molecule has 1 aliphatic heterocycles. The maximum Gasteiger partial charge on any atom is 0.221 e. The van der Waals surface area contributed by atoms with E-state index < -0.39 is 0 Å². The van der Waals surface area contributed by atoms with E-state index in [9.17, 15) is 4.79 Å². The molecule has 0 saturated carbocycles. The van der Waals surface area contributed by atoms with Crippen LogP contribution in [0.3, 0.4) is 0 Å². The highest BCUT2D eigenvalue weighted by molar-refractivity contribution is 6.07. The van der Waals surface area contributed by atoms with E-state index in [1.54, 1.807) is 32.4 Å². The third kappa shape index (κ3) is 3.63. The van der Waals surface area contributed by atoms with Gasteiger partial charge in [0.2, 0.25) is 5.78 Å². The molecular weight excluding hydrogens is 368 g/mol.